The molecule has 0 amide bonds. The van der Waals surface area contributed by atoms with Gasteiger partial charge >= 0.3 is 0 Å². The Morgan fingerprint density at radius 3 is 2.78 bits per heavy atom. The highest BCUT2D eigenvalue weighted by molar-refractivity contribution is 8.01. The molecule has 0 heterocycles. The molecule has 0 aromatic carbocycles. The molecule has 3 aliphatic rings. The van der Waals surface area contributed by atoms with Crippen LogP contribution in [0.4, 0.5) is 0 Å². The Bertz CT molecular complexity index is 469. The number of hydrogen-bond donors (Lipinski definition) is 0. The first-order chi connectivity index (χ1) is 8.65. The van der Waals surface area contributed by atoms with Crippen LogP contribution in [0.2, 0.25) is 0 Å². The van der Waals surface area contributed by atoms with Gasteiger partial charge in [0, 0.05) is 11.5 Å². The second kappa shape index (κ2) is 4.41. The average Bonchev–Trinajstić information content (AvgIpc) is 2.60. The third-order valence-corrected chi connectivity index (χ3v) is 5.86. The fraction of sp³-hybridized carbons (Fsp3) is 0.562. The van der Waals surface area contributed by atoms with Crippen LogP contribution in [0.1, 0.15) is 39.5 Å². The van der Waals surface area contributed by atoms with Gasteiger partial charge in [-0.2, -0.15) is 0 Å². The third-order valence-electron chi connectivity index (χ3n) is 4.27. The Kier molecular flexibility index (Phi) is 3.01. The van der Waals surface area contributed by atoms with Gasteiger partial charge in [0.25, 0.3) is 0 Å². The van der Waals surface area contributed by atoms with E-state index in [1.165, 1.54) is 5.57 Å². The van der Waals surface area contributed by atoms with Crippen LogP contribution >= 0.6 is 11.8 Å². The van der Waals surface area contributed by atoms with Crippen LogP contribution in [0.3, 0.4) is 0 Å². The molecule has 0 spiro atoms. The maximum absolute atomic E-state index is 12.6. The molecule has 96 valence electrons. The van der Waals surface area contributed by atoms with Crippen LogP contribution in [0.25, 0.3) is 0 Å². The number of hydrogen-bond acceptors (Lipinski definition) is 2. The van der Waals surface area contributed by atoms with Gasteiger partial charge < -0.3 is 0 Å². The molecule has 0 N–H and O–H groups in total. The summed E-state index contributed by atoms with van der Waals surface area (Å²) in [5, 5.41) is 0.574. The summed E-state index contributed by atoms with van der Waals surface area (Å²) in [6, 6.07) is 0. The van der Waals surface area contributed by atoms with E-state index in [0.29, 0.717) is 11.0 Å². The monoisotopic (exact) mass is 260 g/mol. The number of Topliss-reactive ketones (excluding diaryl/α,β-unsaturated/α-hetero) is 1. The number of thioether (sulfide) groups is 1. The van der Waals surface area contributed by atoms with E-state index in [4.69, 9.17) is 0 Å². The Labute approximate surface area is 113 Å². The molecule has 18 heavy (non-hydrogen) atoms. The van der Waals surface area contributed by atoms with Gasteiger partial charge in [0.1, 0.15) is 0 Å². The second-order valence-electron chi connectivity index (χ2n) is 5.72. The molecule has 0 bridgehead atoms. The normalized spacial score (nSPS) is 34.2. The zero-order chi connectivity index (χ0) is 12.8. The Hall–Kier alpha value is -0.760. The molecular weight excluding hydrogens is 240 g/mol. The zero-order valence-electron chi connectivity index (χ0n) is 11.1. The molecule has 0 aliphatic heterocycles. The summed E-state index contributed by atoms with van der Waals surface area (Å²) in [5.74, 6) is 0.645. The first-order valence-electron chi connectivity index (χ1n) is 6.89. The molecule has 2 heteroatoms. The fourth-order valence-electron chi connectivity index (χ4n) is 3.63. The third kappa shape index (κ3) is 1.65. The van der Waals surface area contributed by atoms with Crippen molar-refractivity contribution >= 4 is 17.5 Å². The van der Waals surface area contributed by atoms with Crippen molar-refractivity contribution in [3.8, 4) is 0 Å². The van der Waals surface area contributed by atoms with Gasteiger partial charge in [-0.3, -0.25) is 4.79 Å². The average molecular weight is 260 g/mol. The quantitative estimate of drug-likeness (QED) is 0.696. The van der Waals surface area contributed by atoms with Crippen molar-refractivity contribution < 1.29 is 4.79 Å². The van der Waals surface area contributed by atoms with Crippen molar-refractivity contribution in [2.45, 2.75) is 49.5 Å². The van der Waals surface area contributed by atoms with E-state index in [1.54, 1.807) is 0 Å². The molecule has 0 radical (unpaired) electrons. The van der Waals surface area contributed by atoms with Gasteiger partial charge in [-0.1, -0.05) is 38.2 Å². The summed E-state index contributed by atoms with van der Waals surface area (Å²) >= 11 is 2.02. The lowest BCUT2D eigenvalue weighted by atomic mass is 9.80. The molecule has 2 unspecified atom stereocenters. The number of ketones is 1. The predicted octanol–water partition coefficient (Wildman–Crippen LogP) is 4.06. The molecule has 3 aliphatic carbocycles. The summed E-state index contributed by atoms with van der Waals surface area (Å²) in [6.45, 7) is 4.49. The van der Waals surface area contributed by atoms with Crippen molar-refractivity contribution in [1.82, 2.24) is 0 Å². The van der Waals surface area contributed by atoms with E-state index in [-0.39, 0.29) is 10.7 Å². The topological polar surface area (TPSA) is 17.1 Å². The minimum Gasteiger partial charge on any atom is -0.294 e. The standard InChI is InChI=1S/C16H20OS/c1-11(2)18-16-10-6-5-9-14(16)15(17)12-7-3-4-8-13(12)16/h3-6,11,14H,7-10H2,1-2H3. The minimum atomic E-state index is 0.0834. The van der Waals surface area contributed by atoms with E-state index in [1.807, 2.05) is 11.8 Å². The van der Waals surface area contributed by atoms with Crippen molar-refractivity contribution in [3.05, 3.63) is 35.5 Å². The Morgan fingerprint density at radius 1 is 1.22 bits per heavy atom. The first kappa shape index (κ1) is 12.3. The van der Waals surface area contributed by atoms with Crippen LogP contribution in [-0.4, -0.2) is 15.8 Å². The highest BCUT2D eigenvalue weighted by Crippen LogP contribution is 2.56. The minimum absolute atomic E-state index is 0.0834. The zero-order valence-corrected chi connectivity index (χ0v) is 11.9. The van der Waals surface area contributed by atoms with Crippen LogP contribution < -0.4 is 0 Å². The van der Waals surface area contributed by atoms with E-state index in [9.17, 15) is 4.79 Å². The molecule has 0 aromatic heterocycles. The van der Waals surface area contributed by atoms with Crippen molar-refractivity contribution in [3.63, 3.8) is 0 Å². The van der Waals surface area contributed by atoms with Gasteiger partial charge in [-0.25, -0.2) is 0 Å². The molecule has 0 aromatic rings. The first-order valence-corrected chi connectivity index (χ1v) is 7.77. The van der Waals surface area contributed by atoms with Crippen LogP contribution in [0, 0.1) is 5.92 Å². The van der Waals surface area contributed by atoms with Gasteiger partial charge in [0.05, 0.1) is 4.75 Å². The van der Waals surface area contributed by atoms with Gasteiger partial charge in [0.15, 0.2) is 5.78 Å². The fourth-order valence-corrected chi connectivity index (χ4v) is 5.38. The summed E-state index contributed by atoms with van der Waals surface area (Å²) in [6.07, 6.45) is 12.7. The van der Waals surface area contributed by atoms with Gasteiger partial charge in [-0.15, -0.1) is 11.8 Å². The Morgan fingerprint density at radius 2 is 2.00 bits per heavy atom. The summed E-state index contributed by atoms with van der Waals surface area (Å²) < 4.78 is 0.0834. The van der Waals surface area contributed by atoms with Crippen molar-refractivity contribution in [2.75, 3.05) is 0 Å². The van der Waals surface area contributed by atoms with Gasteiger partial charge in [0.2, 0.25) is 0 Å². The second-order valence-corrected chi connectivity index (χ2v) is 7.63. The van der Waals surface area contributed by atoms with Crippen LogP contribution in [-0.2, 0) is 4.79 Å². The molecule has 0 saturated heterocycles. The lowest BCUT2D eigenvalue weighted by Gasteiger charge is -2.39. The lowest BCUT2D eigenvalue weighted by Crippen LogP contribution is -2.38. The molecular formula is C16H20OS. The molecule has 1 nitrogen and oxygen atoms in total. The summed E-state index contributed by atoms with van der Waals surface area (Å²) in [4.78, 5) is 12.6. The van der Waals surface area contributed by atoms with E-state index in [2.05, 4.69) is 38.2 Å². The summed E-state index contributed by atoms with van der Waals surface area (Å²) in [5.41, 5.74) is 2.59. The molecule has 0 fully saturated rings. The SMILES string of the molecule is CC(C)SC12CC=CCC1C(=O)C1=C2CC=CC1. The Balaban J connectivity index is 2.06. The maximum atomic E-state index is 12.6. The highest BCUT2D eigenvalue weighted by atomic mass is 32.2. The van der Waals surface area contributed by atoms with Gasteiger partial charge in [-0.05, 0) is 36.5 Å². The van der Waals surface area contributed by atoms with E-state index >= 15 is 0 Å². The number of allylic oxidation sites excluding steroid dienone is 5. The number of carbonyl (C=O) groups is 1. The molecule has 3 rings (SSSR count). The van der Waals surface area contributed by atoms with E-state index < -0.39 is 0 Å². The molecule has 2 atom stereocenters. The molecule has 0 saturated carbocycles. The lowest BCUT2D eigenvalue weighted by molar-refractivity contribution is -0.118. The largest absolute Gasteiger partial charge is 0.294 e. The van der Waals surface area contributed by atoms with Crippen molar-refractivity contribution in [2.24, 2.45) is 5.92 Å². The number of fused-ring (bicyclic) bond motifs is 2. The van der Waals surface area contributed by atoms with Crippen molar-refractivity contribution in [1.29, 1.82) is 0 Å². The summed E-state index contributed by atoms with van der Waals surface area (Å²) in [7, 11) is 0. The number of carbonyl (C=O) groups excluding carboxylic acids is 1. The highest BCUT2D eigenvalue weighted by Gasteiger charge is 2.53. The smallest absolute Gasteiger partial charge is 0.164 e. The van der Waals surface area contributed by atoms with Crippen LogP contribution in [0.5, 0.6) is 0 Å². The number of rotatable bonds is 2. The van der Waals surface area contributed by atoms with Crippen LogP contribution in [0.15, 0.2) is 35.5 Å². The van der Waals surface area contributed by atoms with E-state index in [0.717, 1.165) is 31.3 Å². The predicted molar refractivity (Wildman–Crippen MR) is 77.7 cm³/mol. The maximum Gasteiger partial charge on any atom is 0.164 e.